The molecule has 1 heteroatoms. The van der Waals surface area contributed by atoms with Crippen molar-refractivity contribution in [3.05, 3.63) is 11.6 Å². The fourth-order valence-corrected chi connectivity index (χ4v) is 2.73. The van der Waals surface area contributed by atoms with Crippen LogP contribution in [0.4, 0.5) is 4.39 Å². The van der Waals surface area contributed by atoms with Crippen LogP contribution < -0.4 is 0 Å². The Bertz CT molecular complexity index is 242. The van der Waals surface area contributed by atoms with Crippen LogP contribution in [0.3, 0.4) is 0 Å². The Morgan fingerprint density at radius 3 is 2.56 bits per heavy atom. The molecule has 0 fully saturated rings. The first kappa shape index (κ1) is 13.7. The third kappa shape index (κ3) is 3.61. The van der Waals surface area contributed by atoms with E-state index >= 15 is 0 Å². The van der Waals surface area contributed by atoms with Crippen LogP contribution in [-0.2, 0) is 0 Å². The van der Waals surface area contributed by atoms with E-state index < -0.39 is 6.17 Å². The fourth-order valence-electron chi connectivity index (χ4n) is 2.73. The van der Waals surface area contributed by atoms with E-state index in [-0.39, 0.29) is 11.3 Å². The molecule has 0 N–H and O–H groups in total. The van der Waals surface area contributed by atoms with Gasteiger partial charge in [-0.3, -0.25) is 0 Å². The second kappa shape index (κ2) is 5.84. The number of unbranched alkanes of at least 4 members (excludes halogenated alkanes) is 1. The van der Waals surface area contributed by atoms with Crippen molar-refractivity contribution < 1.29 is 4.39 Å². The number of alkyl halides is 1. The van der Waals surface area contributed by atoms with E-state index in [4.69, 9.17) is 0 Å². The Balaban J connectivity index is 2.65. The second-order valence-corrected chi connectivity index (χ2v) is 5.92. The molecule has 0 nitrogen and oxygen atoms in total. The summed E-state index contributed by atoms with van der Waals surface area (Å²) >= 11 is 0. The lowest BCUT2D eigenvalue weighted by Crippen LogP contribution is -2.23. The third-order valence-corrected chi connectivity index (χ3v) is 3.92. The molecule has 1 aliphatic carbocycles. The van der Waals surface area contributed by atoms with Crippen LogP contribution in [0.25, 0.3) is 0 Å². The first-order valence-electron chi connectivity index (χ1n) is 6.81. The largest absolute Gasteiger partial charge is 0.247 e. The summed E-state index contributed by atoms with van der Waals surface area (Å²) in [5.41, 5.74) is 1.65. The number of rotatable bonds is 6. The molecule has 0 bridgehead atoms. The van der Waals surface area contributed by atoms with Crippen molar-refractivity contribution in [2.75, 3.05) is 0 Å². The van der Waals surface area contributed by atoms with Gasteiger partial charge in [0.15, 0.2) is 0 Å². The highest BCUT2D eigenvalue weighted by atomic mass is 19.1. The quantitative estimate of drug-likeness (QED) is 0.540. The molecule has 0 saturated heterocycles. The maximum Gasteiger partial charge on any atom is 0.103 e. The van der Waals surface area contributed by atoms with Gasteiger partial charge in [0, 0.05) is 0 Å². The van der Waals surface area contributed by atoms with Crippen LogP contribution in [0.5, 0.6) is 0 Å². The van der Waals surface area contributed by atoms with Crippen LogP contribution in [0.2, 0.25) is 0 Å². The van der Waals surface area contributed by atoms with Crippen LogP contribution in [-0.4, -0.2) is 6.17 Å². The van der Waals surface area contributed by atoms with Gasteiger partial charge in [-0.1, -0.05) is 45.3 Å². The summed E-state index contributed by atoms with van der Waals surface area (Å²) in [5.74, 6) is 0.160. The smallest absolute Gasteiger partial charge is 0.103 e. The molecule has 0 aromatic heterocycles. The first-order valence-corrected chi connectivity index (χ1v) is 6.81. The monoisotopic (exact) mass is 226 g/mol. The average molecular weight is 226 g/mol. The molecule has 0 amide bonds. The van der Waals surface area contributed by atoms with Crippen molar-refractivity contribution in [3.63, 3.8) is 0 Å². The van der Waals surface area contributed by atoms with Gasteiger partial charge in [0.05, 0.1) is 0 Å². The van der Waals surface area contributed by atoms with Crippen molar-refractivity contribution in [3.8, 4) is 0 Å². The molecule has 16 heavy (non-hydrogen) atoms. The number of hydrogen-bond acceptors (Lipinski definition) is 0. The van der Waals surface area contributed by atoms with Crippen LogP contribution >= 0.6 is 0 Å². The van der Waals surface area contributed by atoms with Crippen molar-refractivity contribution in [1.29, 1.82) is 0 Å². The maximum atomic E-state index is 13.9. The second-order valence-electron chi connectivity index (χ2n) is 5.92. The molecule has 0 spiro atoms. The van der Waals surface area contributed by atoms with Gasteiger partial charge in [0.2, 0.25) is 0 Å². The minimum atomic E-state index is -0.640. The summed E-state index contributed by atoms with van der Waals surface area (Å²) in [5, 5.41) is 0. The highest BCUT2D eigenvalue weighted by molar-refractivity contribution is 5.15. The van der Waals surface area contributed by atoms with E-state index in [2.05, 4.69) is 19.9 Å². The molecule has 0 radical (unpaired) electrons. The standard InChI is InChI=1S/C15H27F/c1-5-6-8-15(9-7-13(4)10-15)11-14(16)12(2)3/h10,12,14H,5-9,11H2,1-4H3/t14-,15-/m1/s1. The highest BCUT2D eigenvalue weighted by Gasteiger charge is 2.34. The number of hydrogen-bond donors (Lipinski definition) is 0. The Labute approximate surface area is 100 Å². The summed E-state index contributed by atoms with van der Waals surface area (Å²) < 4.78 is 13.9. The van der Waals surface area contributed by atoms with Gasteiger partial charge in [-0.05, 0) is 43.9 Å². The van der Waals surface area contributed by atoms with Crippen LogP contribution in [0.15, 0.2) is 11.6 Å². The van der Waals surface area contributed by atoms with Gasteiger partial charge in [-0.15, -0.1) is 0 Å². The molecule has 0 aromatic rings. The zero-order valence-electron chi connectivity index (χ0n) is 11.4. The number of halogens is 1. The minimum Gasteiger partial charge on any atom is -0.247 e. The fraction of sp³-hybridized carbons (Fsp3) is 0.867. The topological polar surface area (TPSA) is 0 Å². The molecule has 2 atom stereocenters. The molecule has 0 saturated carbocycles. The van der Waals surface area contributed by atoms with E-state index in [1.165, 1.54) is 37.7 Å². The molecular weight excluding hydrogens is 199 g/mol. The van der Waals surface area contributed by atoms with E-state index in [1.807, 2.05) is 13.8 Å². The van der Waals surface area contributed by atoms with Gasteiger partial charge in [0.1, 0.15) is 6.17 Å². The Morgan fingerprint density at radius 1 is 1.44 bits per heavy atom. The van der Waals surface area contributed by atoms with Crippen LogP contribution in [0, 0.1) is 11.3 Å². The number of allylic oxidation sites excluding steroid dienone is 2. The molecule has 1 rings (SSSR count). The van der Waals surface area contributed by atoms with Gasteiger partial charge in [-0.25, -0.2) is 4.39 Å². The summed E-state index contributed by atoms with van der Waals surface area (Å²) in [6.07, 6.45) is 8.44. The highest BCUT2D eigenvalue weighted by Crippen LogP contribution is 2.45. The summed E-state index contributed by atoms with van der Waals surface area (Å²) in [4.78, 5) is 0. The van der Waals surface area contributed by atoms with Crippen molar-refractivity contribution in [1.82, 2.24) is 0 Å². The van der Waals surface area contributed by atoms with E-state index in [9.17, 15) is 4.39 Å². The predicted molar refractivity (Wildman–Crippen MR) is 69.3 cm³/mol. The van der Waals surface area contributed by atoms with Crippen molar-refractivity contribution in [2.24, 2.45) is 11.3 Å². The predicted octanol–water partition coefficient (Wildman–Crippen LogP) is 5.29. The van der Waals surface area contributed by atoms with Gasteiger partial charge in [-0.2, -0.15) is 0 Å². The van der Waals surface area contributed by atoms with Crippen LogP contribution in [0.1, 0.15) is 66.2 Å². The van der Waals surface area contributed by atoms with E-state index in [1.54, 1.807) is 0 Å². The Kier molecular flexibility index (Phi) is 5.01. The summed E-state index contributed by atoms with van der Waals surface area (Å²) in [7, 11) is 0. The lowest BCUT2D eigenvalue weighted by Gasteiger charge is -2.30. The average Bonchev–Trinajstić information content (AvgIpc) is 2.57. The molecule has 1 aliphatic rings. The third-order valence-electron chi connectivity index (χ3n) is 3.92. The molecule has 0 aromatic carbocycles. The Hall–Kier alpha value is -0.330. The molecule has 94 valence electrons. The maximum absolute atomic E-state index is 13.9. The van der Waals surface area contributed by atoms with Crippen molar-refractivity contribution >= 4 is 0 Å². The molecule has 0 aliphatic heterocycles. The van der Waals surface area contributed by atoms with Gasteiger partial charge >= 0.3 is 0 Å². The molecular formula is C15H27F. The zero-order valence-corrected chi connectivity index (χ0v) is 11.4. The SMILES string of the molecule is CCCC[C@]1(C[C@@H](F)C(C)C)C=C(C)CC1. The lowest BCUT2D eigenvalue weighted by atomic mass is 9.76. The summed E-state index contributed by atoms with van der Waals surface area (Å²) in [6.45, 7) is 8.39. The lowest BCUT2D eigenvalue weighted by molar-refractivity contribution is 0.160. The first-order chi connectivity index (χ1) is 7.49. The van der Waals surface area contributed by atoms with E-state index in [0.717, 1.165) is 6.42 Å². The van der Waals surface area contributed by atoms with Gasteiger partial charge < -0.3 is 0 Å². The molecule has 0 heterocycles. The normalized spacial score (nSPS) is 27.2. The Morgan fingerprint density at radius 2 is 2.12 bits per heavy atom. The van der Waals surface area contributed by atoms with Crippen molar-refractivity contribution in [2.45, 2.75) is 72.4 Å². The van der Waals surface area contributed by atoms with Gasteiger partial charge in [0.25, 0.3) is 0 Å². The molecule has 0 unspecified atom stereocenters. The summed E-state index contributed by atoms with van der Waals surface area (Å²) in [6, 6.07) is 0. The zero-order chi connectivity index (χ0) is 12.2. The van der Waals surface area contributed by atoms with E-state index in [0.29, 0.717) is 0 Å². The minimum absolute atomic E-state index is 0.160.